The van der Waals surface area contributed by atoms with Crippen molar-refractivity contribution in [1.29, 1.82) is 0 Å². The fourth-order valence-corrected chi connectivity index (χ4v) is 0.723. The van der Waals surface area contributed by atoms with Gasteiger partial charge in [-0.1, -0.05) is 25.5 Å². The number of aliphatic imine (C=N–C) groups is 1. The molecule has 0 rings (SSSR count). The van der Waals surface area contributed by atoms with Crippen LogP contribution in [0.25, 0.3) is 0 Å². The third kappa shape index (κ3) is 4.72. The van der Waals surface area contributed by atoms with E-state index in [0.29, 0.717) is 5.92 Å². The summed E-state index contributed by atoms with van der Waals surface area (Å²) in [5.41, 5.74) is 7.50. The quantitative estimate of drug-likeness (QED) is 0.390. The first-order valence-corrected chi connectivity index (χ1v) is 4.17. The van der Waals surface area contributed by atoms with E-state index in [-0.39, 0.29) is 0 Å². The maximum absolute atomic E-state index is 5.22. The predicted octanol–water partition coefficient (Wildman–Crippen LogP) is 2.48. The summed E-state index contributed by atoms with van der Waals surface area (Å²) in [5.74, 6) is 0.417. The maximum atomic E-state index is 5.22. The van der Waals surface area contributed by atoms with E-state index in [2.05, 4.69) is 32.7 Å². The zero-order valence-electron chi connectivity index (χ0n) is 8.33. The highest BCUT2D eigenvalue weighted by Crippen LogP contribution is 2.10. The van der Waals surface area contributed by atoms with Crippen LogP contribution in [0.15, 0.2) is 28.4 Å². The molecule has 2 N–H and O–H groups in total. The van der Waals surface area contributed by atoms with E-state index in [1.54, 1.807) is 0 Å². The Bertz CT molecular complexity index is 206. The van der Waals surface area contributed by atoms with Gasteiger partial charge in [0.2, 0.25) is 0 Å². The summed E-state index contributed by atoms with van der Waals surface area (Å²) in [6.45, 7) is 8.30. The van der Waals surface area contributed by atoms with E-state index in [1.807, 2.05) is 12.2 Å². The molecule has 0 atom stereocenters. The fourth-order valence-electron chi connectivity index (χ4n) is 0.723. The lowest BCUT2D eigenvalue weighted by Crippen LogP contribution is -1.95. The van der Waals surface area contributed by atoms with Gasteiger partial charge < -0.3 is 5.73 Å². The van der Waals surface area contributed by atoms with Gasteiger partial charge in [0, 0.05) is 5.70 Å². The van der Waals surface area contributed by atoms with Gasteiger partial charge in [-0.25, -0.2) is 4.99 Å². The number of nitrogens with zero attached hydrogens (tertiary/aromatic N) is 1. The molecule has 0 aromatic carbocycles. The van der Waals surface area contributed by atoms with Gasteiger partial charge in [0.1, 0.15) is 0 Å². The van der Waals surface area contributed by atoms with Gasteiger partial charge in [-0.3, -0.25) is 0 Å². The minimum absolute atomic E-state index is 0.417. The van der Waals surface area contributed by atoms with Gasteiger partial charge in [0.15, 0.2) is 0 Å². The molecule has 2 nitrogen and oxygen atoms in total. The van der Waals surface area contributed by atoms with Crippen molar-refractivity contribution in [2.24, 2.45) is 16.6 Å². The van der Waals surface area contributed by atoms with Gasteiger partial charge in [-0.2, -0.15) is 0 Å². The summed E-state index contributed by atoms with van der Waals surface area (Å²) in [4.78, 5) is 4.06. The number of hydrogen-bond acceptors (Lipinski definition) is 1. The third-order valence-corrected chi connectivity index (χ3v) is 1.40. The lowest BCUT2D eigenvalue weighted by Gasteiger charge is -2.03. The summed E-state index contributed by atoms with van der Waals surface area (Å²) in [7, 11) is 0. The monoisotopic (exact) mass is 166 g/mol. The topological polar surface area (TPSA) is 38.4 Å². The van der Waals surface area contributed by atoms with Crippen molar-refractivity contribution in [1.82, 2.24) is 0 Å². The highest BCUT2D eigenvalue weighted by atomic mass is 14.8. The van der Waals surface area contributed by atoms with E-state index in [0.717, 1.165) is 5.70 Å². The van der Waals surface area contributed by atoms with Crippen molar-refractivity contribution < 1.29 is 0 Å². The second kappa shape index (κ2) is 5.58. The molecule has 12 heavy (non-hydrogen) atoms. The molecule has 0 aliphatic rings. The minimum atomic E-state index is 0.417. The second-order valence-electron chi connectivity index (χ2n) is 3.27. The molecule has 0 spiro atoms. The van der Waals surface area contributed by atoms with E-state index in [1.165, 1.54) is 11.9 Å². The standard InChI is InChI=1S/C10H18N2/c1-8(2)5-6-10(9(3)4)12-7-11/h5-7,9H,1-4H3,(H2,11,12)/b10-6-. The average molecular weight is 166 g/mol. The summed E-state index contributed by atoms with van der Waals surface area (Å²) >= 11 is 0. The van der Waals surface area contributed by atoms with Gasteiger partial charge in [-0.05, 0) is 25.8 Å². The van der Waals surface area contributed by atoms with Crippen molar-refractivity contribution >= 4 is 6.34 Å². The number of allylic oxidation sites excluding steroid dienone is 4. The van der Waals surface area contributed by atoms with Gasteiger partial charge >= 0.3 is 0 Å². The van der Waals surface area contributed by atoms with Crippen molar-refractivity contribution in [2.75, 3.05) is 0 Å². The van der Waals surface area contributed by atoms with Crippen LogP contribution in [0.2, 0.25) is 0 Å². The van der Waals surface area contributed by atoms with Crippen molar-refractivity contribution in [3.05, 3.63) is 23.4 Å². The molecule has 0 saturated heterocycles. The van der Waals surface area contributed by atoms with Crippen LogP contribution in [0.1, 0.15) is 27.7 Å². The number of hydrogen-bond donors (Lipinski definition) is 1. The van der Waals surface area contributed by atoms with Crippen LogP contribution in [0.5, 0.6) is 0 Å². The van der Waals surface area contributed by atoms with E-state index in [9.17, 15) is 0 Å². The van der Waals surface area contributed by atoms with Crippen LogP contribution in [0, 0.1) is 5.92 Å². The van der Waals surface area contributed by atoms with Crippen LogP contribution in [0.4, 0.5) is 0 Å². The lowest BCUT2D eigenvalue weighted by atomic mass is 10.1. The predicted molar refractivity (Wildman–Crippen MR) is 55.0 cm³/mol. The summed E-state index contributed by atoms with van der Waals surface area (Å²) < 4.78 is 0. The van der Waals surface area contributed by atoms with Crippen LogP contribution in [0.3, 0.4) is 0 Å². The summed E-state index contributed by atoms with van der Waals surface area (Å²) in [5, 5.41) is 0. The molecule has 0 radical (unpaired) electrons. The minimum Gasteiger partial charge on any atom is -0.390 e. The molecular formula is C10H18N2. The fraction of sp³-hybridized carbons (Fsp3) is 0.500. The molecule has 2 heteroatoms. The van der Waals surface area contributed by atoms with Gasteiger partial charge in [-0.15, -0.1) is 0 Å². The molecule has 0 aliphatic carbocycles. The normalized spacial score (nSPS) is 12.6. The highest BCUT2D eigenvalue weighted by molar-refractivity contribution is 5.53. The first-order chi connectivity index (χ1) is 5.57. The Morgan fingerprint density at radius 1 is 1.25 bits per heavy atom. The van der Waals surface area contributed by atoms with Crippen LogP contribution >= 0.6 is 0 Å². The Morgan fingerprint density at radius 3 is 2.17 bits per heavy atom. The molecule has 0 unspecified atom stereocenters. The summed E-state index contributed by atoms with van der Waals surface area (Å²) in [6, 6.07) is 0. The number of rotatable bonds is 3. The van der Waals surface area contributed by atoms with Gasteiger partial charge in [0.05, 0.1) is 6.34 Å². The van der Waals surface area contributed by atoms with Gasteiger partial charge in [0.25, 0.3) is 0 Å². The Kier molecular flexibility index (Phi) is 5.09. The van der Waals surface area contributed by atoms with E-state index >= 15 is 0 Å². The highest BCUT2D eigenvalue weighted by Gasteiger charge is 1.97. The van der Waals surface area contributed by atoms with Crippen LogP contribution in [-0.4, -0.2) is 6.34 Å². The zero-order valence-corrected chi connectivity index (χ0v) is 8.33. The van der Waals surface area contributed by atoms with E-state index in [4.69, 9.17) is 5.73 Å². The third-order valence-electron chi connectivity index (χ3n) is 1.40. The molecule has 0 saturated carbocycles. The molecule has 0 amide bonds. The first-order valence-electron chi connectivity index (χ1n) is 4.17. The Balaban J connectivity index is 4.50. The van der Waals surface area contributed by atoms with Crippen molar-refractivity contribution in [3.8, 4) is 0 Å². The Morgan fingerprint density at radius 2 is 1.83 bits per heavy atom. The van der Waals surface area contributed by atoms with Crippen molar-refractivity contribution in [3.63, 3.8) is 0 Å². The smallest absolute Gasteiger partial charge is 0.0856 e. The molecule has 0 bridgehead atoms. The molecule has 0 heterocycles. The number of nitrogens with two attached hydrogens (primary N) is 1. The second-order valence-corrected chi connectivity index (χ2v) is 3.27. The molecule has 68 valence electrons. The molecule has 0 fully saturated rings. The Hall–Kier alpha value is -1.05. The largest absolute Gasteiger partial charge is 0.390 e. The molecule has 0 aromatic heterocycles. The lowest BCUT2D eigenvalue weighted by molar-refractivity contribution is 0.759. The molecule has 0 aromatic rings. The van der Waals surface area contributed by atoms with Crippen LogP contribution < -0.4 is 5.73 Å². The maximum Gasteiger partial charge on any atom is 0.0856 e. The molecular weight excluding hydrogens is 148 g/mol. The van der Waals surface area contributed by atoms with Crippen molar-refractivity contribution in [2.45, 2.75) is 27.7 Å². The summed E-state index contributed by atoms with van der Waals surface area (Å²) in [6.07, 6.45) is 5.39. The van der Waals surface area contributed by atoms with E-state index < -0.39 is 0 Å². The Labute approximate surface area is 74.9 Å². The SMILES string of the molecule is CC(C)=C/C=C(\N=C/N)C(C)C. The molecule has 0 aliphatic heterocycles. The zero-order chi connectivity index (χ0) is 9.56. The average Bonchev–Trinajstić information content (AvgIpc) is 1.96. The van der Waals surface area contributed by atoms with Crippen LogP contribution in [-0.2, 0) is 0 Å². The first kappa shape index (κ1) is 11.0.